The topological polar surface area (TPSA) is 58.6 Å². The quantitative estimate of drug-likeness (QED) is 0.899. The molecule has 1 aromatic rings. The van der Waals surface area contributed by atoms with Gasteiger partial charge in [0.2, 0.25) is 0 Å². The molecule has 0 bridgehead atoms. The molecule has 1 aromatic heterocycles. The van der Waals surface area contributed by atoms with Gasteiger partial charge in [-0.2, -0.15) is 0 Å². The van der Waals surface area contributed by atoms with Gasteiger partial charge in [-0.25, -0.2) is 4.79 Å². The van der Waals surface area contributed by atoms with Crippen LogP contribution in [-0.4, -0.2) is 23.4 Å². The first-order chi connectivity index (χ1) is 7.81. The van der Waals surface area contributed by atoms with E-state index in [-0.39, 0.29) is 6.61 Å². The zero-order valence-electron chi connectivity index (χ0n) is 9.99. The molecule has 0 spiro atoms. The molecule has 0 aromatic carbocycles. The monoisotopic (exact) mass is 321 g/mol. The lowest BCUT2D eigenvalue weighted by Gasteiger charge is -2.22. The number of carbonyl (C=O) groups excluding carboxylic acids is 1. The van der Waals surface area contributed by atoms with Gasteiger partial charge in [0.1, 0.15) is 5.60 Å². The van der Waals surface area contributed by atoms with Crippen molar-refractivity contribution < 1.29 is 14.6 Å². The second-order valence-electron chi connectivity index (χ2n) is 4.55. The minimum Gasteiger partial charge on any atom is -0.444 e. The molecular formula is C11H16BrNO3S. The van der Waals surface area contributed by atoms with E-state index in [4.69, 9.17) is 4.74 Å². The number of thiophene rings is 1. The first-order valence-corrected chi connectivity index (χ1v) is 6.83. The number of aliphatic hydroxyl groups excluding tert-OH is 1. The van der Waals surface area contributed by atoms with E-state index in [0.717, 1.165) is 9.35 Å². The number of ether oxygens (including phenoxy) is 1. The summed E-state index contributed by atoms with van der Waals surface area (Å²) in [5.74, 6) is 0. The minimum atomic E-state index is -0.542. The van der Waals surface area contributed by atoms with Crippen LogP contribution < -0.4 is 5.32 Å². The van der Waals surface area contributed by atoms with Gasteiger partial charge in [0.05, 0.1) is 12.6 Å². The highest BCUT2D eigenvalue weighted by atomic mass is 79.9. The van der Waals surface area contributed by atoms with Crippen molar-refractivity contribution in [2.75, 3.05) is 6.61 Å². The molecule has 1 unspecified atom stereocenters. The smallest absolute Gasteiger partial charge is 0.408 e. The number of amides is 1. The summed E-state index contributed by atoms with van der Waals surface area (Å²) in [6, 6.07) is 1.43. The summed E-state index contributed by atoms with van der Waals surface area (Å²) in [5.41, 5.74) is -0.542. The number of halogens is 1. The molecule has 1 heterocycles. The molecule has 4 nitrogen and oxygen atoms in total. The van der Waals surface area contributed by atoms with Crippen molar-refractivity contribution in [3.8, 4) is 0 Å². The van der Waals surface area contributed by atoms with Gasteiger partial charge in [-0.15, -0.1) is 11.3 Å². The summed E-state index contributed by atoms with van der Waals surface area (Å²) in [5, 5.41) is 13.8. The molecule has 0 radical (unpaired) electrons. The van der Waals surface area contributed by atoms with Crippen LogP contribution in [0, 0.1) is 0 Å². The molecule has 0 fully saturated rings. The van der Waals surface area contributed by atoms with Gasteiger partial charge in [-0.1, -0.05) is 0 Å². The molecule has 0 aliphatic rings. The van der Waals surface area contributed by atoms with Gasteiger partial charge in [-0.05, 0) is 42.8 Å². The molecule has 0 aliphatic heterocycles. The lowest BCUT2D eigenvalue weighted by atomic mass is 10.2. The fraction of sp³-hybridized carbons (Fsp3) is 0.545. The third kappa shape index (κ3) is 5.06. The Kier molecular flexibility index (Phi) is 4.97. The number of rotatable bonds is 3. The standard InChI is InChI=1S/C11H16BrNO3S/c1-11(2,3)16-10(15)13-8(5-14)9-4-7(12)6-17-9/h4,6,8,14H,5H2,1-3H3,(H,13,15). The predicted molar refractivity (Wildman–Crippen MR) is 71.2 cm³/mol. The first kappa shape index (κ1) is 14.5. The first-order valence-electron chi connectivity index (χ1n) is 5.16. The van der Waals surface area contributed by atoms with Crippen molar-refractivity contribution in [2.24, 2.45) is 0 Å². The van der Waals surface area contributed by atoms with Crippen molar-refractivity contribution in [3.05, 3.63) is 20.8 Å². The van der Waals surface area contributed by atoms with Crippen LogP contribution in [0.1, 0.15) is 31.7 Å². The van der Waals surface area contributed by atoms with Crippen LogP contribution in [0.3, 0.4) is 0 Å². The summed E-state index contributed by atoms with van der Waals surface area (Å²) < 4.78 is 6.06. The van der Waals surface area contributed by atoms with Crippen molar-refractivity contribution in [1.82, 2.24) is 5.32 Å². The van der Waals surface area contributed by atoms with Crippen molar-refractivity contribution in [2.45, 2.75) is 32.4 Å². The maximum absolute atomic E-state index is 11.6. The molecule has 0 saturated carbocycles. The number of carbonyl (C=O) groups is 1. The molecule has 17 heavy (non-hydrogen) atoms. The molecule has 2 N–H and O–H groups in total. The Morgan fingerprint density at radius 1 is 1.65 bits per heavy atom. The summed E-state index contributed by atoms with van der Waals surface area (Å²) in [7, 11) is 0. The van der Waals surface area contributed by atoms with E-state index >= 15 is 0 Å². The molecule has 96 valence electrons. The van der Waals surface area contributed by atoms with E-state index in [0.29, 0.717) is 0 Å². The number of hydrogen-bond donors (Lipinski definition) is 2. The summed E-state index contributed by atoms with van der Waals surface area (Å²) in [4.78, 5) is 12.4. The fourth-order valence-electron chi connectivity index (χ4n) is 1.17. The van der Waals surface area contributed by atoms with Crippen LogP contribution in [0.4, 0.5) is 4.79 Å². The highest BCUT2D eigenvalue weighted by Gasteiger charge is 2.20. The largest absolute Gasteiger partial charge is 0.444 e. The fourth-order valence-corrected chi connectivity index (χ4v) is 2.66. The Morgan fingerprint density at radius 2 is 2.29 bits per heavy atom. The third-order valence-corrected chi connectivity index (χ3v) is 3.61. The molecule has 1 amide bonds. The highest BCUT2D eigenvalue weighted by molar-refractivity contribution is 9.10. The average molecular weight is 322 g/mol. The van der Waals surface area contributed by atoms with Crippen LogP contribution in [0.15, 0.2) is 15.9 Å². The van der Waals surface area contributed by atoms with E-state index in [1.54, 1.807) is 20.8 Å². The van der Waals surface area contributed by atoms with Crippen LogP contribution >= 0.6 is 27.3 Å². The lowest BCUT2D eigenvalue weighted by molar-refractivity contribution is 0.0483. The average Bonchev–Trinajstić information content (AvgIpc) is 2.58. The summed E-state index contributed by atoms with van der Waals surface area (Å²) in [6.07, 6.45) is -0.527. The summed E-state index contributed by atoms with van der Waals surface area (Å²) in [6.45, 7) is 5.22. The van der Waals surface area contributed by atoms with Gasteiger partial charge < -0.3 is 15.2 Å². The van der Waals surface area contributed by atoms with E-state index in [9.17, 15) is 9.90 Å². The Hall–Kier alpha value is -0.590. The number of nitrogens with one attached hydrogen (secondary N) is 1. The van der Waals surface area contributed by atoms with Gasteiger partial charge in [0.15, 0.2) is 0 Å². The Labute approximate surface area is 113 Å². The van der Waals surface area contributed by atoms with Crippen molar-refractivity contribution in [1.29, 1.82) is 0 Å². The number of hydrogen-bond acceptors (Lipinski definition) is 4. The summed E-state index contributed by atoms with van der Waals surface area (Å²) >= 11 is 4.79. The minimum absolute atomic E-state index is 0.161. The van der Waals surface area contributed by atoms with Crippen LogP contribution in [-0.2, 0) is 4.74 Å². The maximum atomic E-state index is 11.6. The number of aliphatic hydroxyl groups is 1. The van der Waals surface area contributed by atoms with E-state index in [1.807, 2.05) is 11.4 Å². The van der Waals surface area contributed by atoms with Crippen molar-refractivity contribution in [3.63, 3.8) is 0 Å². The van der Waals surface area contributed by atoms with Crippen LogP contribution in [0.5, 0.6) is 0 Å². The molecule has 6 heteroatoms. The van der Waals surface area contributed by atoms with Gasteiger partial charge >= 0.3 is 6.09 Å². The third-order valence-electron chi connectivity index (χ3n) is 1.80. The second kappa shape index (κ2) is 5.84. The zero-order chi connectivity index (χ0) is 13.1. The lowest BCUT2D eigenvalue weighted by Crippen LogP contribution is -2.35. The second-order valence-corrected chi connectivity index (χ2v) is 6.41. The van der Waals surface area contributed by atoms with E-state index < -0.39 is 17.7 Å². The predicted octanol–water partition coefficient (Wildman–Crippen LogP) is 3.07. The van der Waals surface area contributed by atoms with E-state index in [2.05, 4.69) is 21.2 Å². The van der Waals surface area contributed by atoms with Gasteiger partial charge in [-0.3, -0.25) is 0 Å². The SMILES string of the molecule is CC(C)(C)OC(=O)NC(CO)c1cc(Br)cs1. The molecule has 0 aliphatic carbocycles. The maximum Gasteiger partial charge on any atom is 0.408 e. The van der Waals surface area contributed by atoms with Crippen LogP contribution in [0.2, 0.25) is 0 Å². The normalized spacial score (nSPS) is 13.2. The Bertz CT molecular complexity index is 386. The van der Waals surface area contributed by atoms with Crippen LogP contribution in [0.25, 0.3) is 0 Å². The molecule has 0 saturated heterocycles. The Balaban J connectivity index is 2.62. The van der Waals surface area contributed by atoms with Gasteiger partial charge in [0.25, 0.3) is 0 Å². The number of alkyl carbamates (subject to hydrolysis) is 1. The Morgan fingerprint density at radius 3 is 2.71 bits per heavy atom. The van der Waals surface area contributed by atoms with E-state index in [1.165, 1.54) is 11.3 Å². The van der Waals surface area contributed by atoms with Gasteiger partial charge in [0, 0.05) is 14.7 Å². The molecule has 1 rings (SSSR count). The molecule has 1 atom stereocenters. The highest BCUT2D eigenvalue weighted by Crippen LogP contribution is 2.25. The van der Waals surface area contributed by atoms with Crippen molar-refractivity contribution >= 4 is 33.4 Å². The zero-order valence-corrected chi connectivity index (χ0v) is 12.4. The molecular weight excluding hydrogens is 306 g/mol.